The van der Waals surface area contributed by atoms with E-state index in [1.54, 1.807) is 0 Å². The maximum Gasteiger partial charge on any atom is 0.119 e. The number of hydrogen-bond donors (Lipinski definition) is 0. The van der Waals surface area contributed by atoms with Gasteiger partial charge in [0.25, 0.3) is 0 Å². The molecule has 0 unspecified atom stereocenters. The Morgan fingerprint density at radius 3 is 1.68 bits per heavy atom. The van der Waals surface area contributed by atoms with E-state index in [9.17, 15) is 0 Å². The fourth-order valence-electron chi connectivity index (χ4n) is 7.06. The Morgan fingerprint density at radius 2 is 1.19 bits per heavy atom. The number of aryl methyl sites for hydroxylation is 1. The van der Waals surface area contributed by atoms with Gasteiger partial charge in [0.2, 0.25) is 0 Å². The van der Waals surface area contributed by atoms with Gasteiger partial charge in [0.1, 0.15) is 12.4 Å². The molecule has 2 aliphatic rings. The predicted molar refractivity (Wildman–Crippen MR) is 204 cm³/mol. The number of rotatable bonds is 12. The van der Waals surface area contributed by atoms with E-state index in [1.165, 1.54) is 77.8 Å². The highest BCUT2D eigenvalue weighted by Crippen LogP contribution is 2.57. The zero-order valence-corrected chi connectivity index (χ0v) is 31.7. The second-order valence-electron chi connectivity index (χ2n) is 12.7. The van der Waals surface area contributed by atoms with Crippen molar-refractivity contribution >= 4 is 31.9 Å². The fraction of sp³-hybridized carbons (Fsp3) is 0.415. The number of ether oxygens (including phenoxy) is 2. The van der Waals surface area contributed by atoms with Gasteiger partial charge in [0.05, 0.1) is 18.6 Å². The molecule has 1 aliphatic heterocycles. The second kappa shape index (κ2) is 17.3. The lowest BCUT2D eigenvalue weighted by molar-refractivity contribution is 0.0322. The Labute approximate surface area is 299 Å². The highest BCUT2D eigenvalue weighted by molar-refractivity contribution is 9.10. The molecule has 6 rings (SSSR count). The summed E-state index contributed by atoms with van der Waals surface area (Å²) < 4.78 is 13.8. The lowest BCUT2D eigenvalue weighted by Crippen LogP contribution is -2.38. The van der Waals surface area contributed by atoms with Gasteiger partial charge < -0.3 is 14.4 Å². The standard InChI is InChI=1S/C32H29Br2NO2.C9H21N/c1-22-2-4-23(5-3-22)32(24-6-10-27(11-7-24)37-19-16-35-14-17-36-18-15-35)30-20-25(33)8-12-28(30)29-13-9-26(34)21-31(29)32;1-4-7-10(8-5-2)9-6-3/h2-13,20-21H,14-19H2,1H3;4-9H2,1-3H3. The van der Waals surface area contributed by atoms with Crippen LogP contribution in [0.15, 0.2) is 93.9 Å². The molecule has 4 aromatic rings. The van der Waals surface area contributed by atoms with Gasteiger partial charge in [-0.3, -0.25) is 4.90 Å². The molecular formula is C41H50Br2N2O2. The van der Waals surface area contributed by atoms with Crippen LogP contribution in [0.3, 0.4) is 0 Å². The molecule has 0 radical (unpaired) electrons. The first-order chi connectivity index (χ1) is 22.9. The molecule has 0 bridgehead atoms. The smallest absolute Gasteiger partial charge is 0.119 e. The van der Waals surface area contributed by atoms with Crippen molar-refractivity contribution < 1.29 is 9.47 Å². The minimum atomic E-state index is -0.432. The van der Waals surface area contributed by atoms with Crippen molar-refractivity contribution in [1.29, 1.82) is 0 Å². The quantitative estimate of drug-likeness (QED) is 0.126. The van der Waals surface area contributed by atoms with Crippen molar-refractivity contribution in [2.24, 2.45) is 0 Å². The number of halogens is 2. The third kappa shape index (κ3) is 8.40. The van der Waals surface area contributed by atoms with E-state index >= 15 is 0 Å². The highest BCUT2D eigenvalue weighted by atomic mass is 79.9. The summed E-state index contributed by atoms with van der Waals surface area (Å²) in [7, 11) is 0. The van der Waals surface area contributed by atoms with E-state index in [4.69, 9.17) is 9.47 Å². The molecule has 1 fully saturated rings. The lowest BCUT2D eigenvalue weighted by atomic mass is 9.67. The minimum absolute atomic E-state index is 0.432. The highest BCUT2D eigenvalue weighted by Gasteiger charge is 2.46. The van der Waals surface area contributed by atoms with E-state index in [-0.39, 0.29) is 0 Å². The van der Waals surface area contributed by atoms with Crippen LogP contribution >= 0.6 is 31.9 Å². The molecule has 0 aromatic heterocycles. The molecule has 47 heavy (non-hydrogen) atoms. The summed E-state index contributed by atoms with van der Waals surface area (Å²) >= 11 is 7.53. The predicted octanol–water partition coefficient (Wildman–Crippen LogP) is 10.1. The molecule has 6 heteroatoms. The van der Waals surface area contributed by atoms with Gasteiger partial charge in [-0.15, -0.1) is 0 Å². The van der Waals surface area contributed by atoms with Crippen molar-refractivity contribution in [3.05, 3.63) is 122 Å². The first kappa shape index (κ1) is 35.8. The van der Waals surface area contributed by atoms with E-state index in [1.807, 2.05) is 0 Å². The van der Waals surface area contributed by atoms with Gasteiger partial charge >= 0.3 is 0 Å². The molecule has 0 atom stereocenters. The normalized spacial score (nSPS) is 15.1. The van der Waals surface area contributed by atoms with E-state index in [0.29, 0.717) is 6.61 Å². The molecule has 0 saturated carbocycles. The van der Waals surface area contributed by atoms with Crippen LogP contribution in [-0.4, -0.2) is 68.9 Å². The molecule has 1 aliphatic carbocycles. The van der Waals surface area contributed by atoms with Crippen molar-refractivity contribution in [2.45, 2.75) is 52.4 Å². The van der Waals surface area contributed by atoms with Gasteiger partial charge in [-0.1, -0.05) is 107 Å². The van der Waals surface area contributed by atoms with Gasteiger partial charge in [0.15, 0.2) is 0 Å². The third-order valence-corrected chi connectivity index (χ3v) is 10.2. The number of nitrogens with zero attached hydrogens (tertiary/aromatic N) is 2. The van der Waals surface area contributed by atoms with E-state index in [2.05, 4.69) is 154 Å². The average molecular weight is 763 g/mol. The molecule has 0 spiro atoms. The van der Waals surface area contributed by atoms with Crippen molar-refractivity contribution in [2.75, 3.05) is 59.1 Å². The van der Waals surface area contributed by atoms with Crippen LogP contribution < -0.4 is 4.74 Å². The molecule has 1 heterocycles. The Morgan fingerprint density at radius 1 is 0.702 bits per heavy atom. The Balaban J connectivity index is 0.000000378. The first-order valence-electron chi connectivity index (χ1n) is 17.3. The third-order valence-electron chi connectivity index (χ3n) is 9.23. The van der Waals surface area contributed by atoms with Crippen LogP contribution in [0.25, 0.3) is 11.1 Å². The fourth-order valence-corrected chi connectivity index (χ4v) is 7.79. The molecule has 0 N–H and O–H groups in total. The molecule has 1 saturated heterocycles. The Hall–Kier alpha value is -2.48. The van der Waals surface area contributed by atoms with Crippen LogP contribution in [0.1, 0.15) is 67.9 Å². The molecular weight excluding hydrogens is 712 g/mol. The van der Waals surface area contributed by atoms with Crippen molar-refractivity contribution in [3.8, 4) is 16.9 Å². The number of hydrogen-bond acceptors (Lipinski definition) is 4. The van der Waals surface area contributed by atoms with E-state index in [0.717, 1.165) is 47.5 Å². The Kier molecular flexibility index (Phi) is 13.2. The summed E-state index contributed by atoms with van der Waals surface area (Å²) in [6.45, 7) is 17.9. The maximum atomic E-state index is 6.16. The van der Waals surface area contributed by atoms with Crippen molar-refractivity contribution in [1.82, 2.24) is 9.80 Å². The summed E-state index contributed by atoms with van der Waals surface area (Å²) in [6, 6.07) is 31.1. The van der Waals surface area contributed by atoms with Gasteiger partial charge in [-0.05, 0) is 116 Å². The summed E-state index contributed by atoms with van der Waals surface area (Å²) in [6.07, 6.45) is 3.88. The van der Waals surface area contributed by atoms with Crippen LogP contribution in [0.2, 0.25) is 0 Å². The van der Waals surface area contributed by atoms with Crippen LogP contribution in [0, 0.1) is 6.92 Å². The topological polar surface area (TPSA) is 24.9 Å². The molecule has 4 nitrogen and oxygen atoms in total. The van der Waals surface area contributed by atoms with Crippen molar-refractivity contribution in [3.63, 3.8) is 0 Å². The SMILES string of the molecule is CCCN(CCC)CCC.Cc1ccc(C2(c3ccc(OCCN4CCOCC4)cc3)c3cc(Br)ccc3-c3ccc(Br)cc32)cc1. The van der Waals surface area contributed by atoms with Crippen LogP contribution in [0.5, 0.6) is 5.75 Å². The summed E-state index contributed by atoms with van der Waals surface area (Å²) in [5, 5.41) is 0. The second-order valence-corrected chi connectivity index (χ2v) is 14.5. The minimum Gasteiger partial charge on any atom is -0.492 e. The first-order valence-corrected chi connectivity index (χ1v) is 18.9. The van der Waals surface area contributed by atoms with Crippen LogP contribution in [-0.2, 0) is 10.2 Å². The number of benzene rings is 4. The lowest BCUT2D eigenvalue weighted by Gasteiger charge is -2.34. The van der Waals surface area contributed by atoms with Gasteiger partial charge in [-0.25, -0.2) is 0 Å². The Bertz CT molecular complexity index is 1500. The molecule has 0 amide bonds. The van der Waals surface area contributed by atoms with Gasteiger partial charge in [-0.2, -0.15) is 0 Å². The number of fused-ring (bicyclic) bond motifs is 3. The molecule has 250 valence electrons. The van der Waals surface area contributed by atoms with E-state index < -0.39 is 5.41 Å². The average Bonchev–Trinajstić information content (AvgIpc) is 3.36. The summed E-state index contributed by atoms with van der Waals surface area (Å²) in [4.78, 5) is 4.94. The van der Waals surface area contributed by atoms with Gasteiger partial charge in [0, 0.05) is 28.6 Å². The zero-order chi connectivity index (χ0) is 33.2. The number of morpholine rings is 1. The summed E-state index contributed by atoms with van der Waals surface area (Å²) in [5.74, 6) is 0.901. The summed E-state index contributed by atoms with van der Waals surface area (Å²) in [5.41, 5.74) is 8.44. The largest absolute Gasteiger partial charge is 0.492 e. The maximum absolute atomic E-state index is 6.16. The zero-order valence-electron chi connectivity index (χ0n) is 28.5. The molecule has 4 aromatic carbocycles. The monoisotopic (exact) mass is 760 g/mol. The van der Waals surface area contributed by atoms with Crippen LogP contribution in [0.4, 0.5) is 0 Å².